The Morgan fingerprint density at radius 2 is 2.11 bits per heavy atom. The Morgan fingerprint density at radius 1 is 1.37 bits per heavy atom. The summed E-state index contributed by atoms with van der Waals surface area (Å²) in [6.45, 7) is 3.32. The molecule has 1 aliphatic heterocycles. The number of nitrogens with one attached hydrogen (secondary N) is 1. The highest BCUT2D eigenvalue weighted by molar-refractivity contribution is 7.99. The monoisotopic (exact) mass is 304 g/mol. The van der Waals surface area contributed by atoms with E-state index in [1.54, 1.807) is 0 Å². The Labute approximate surface area is 126 Å². The van der Waals surface area contributed by atoms with Gasteiger partial charge in [0, 0.05) is 42.6 Å². The zero-order valence-electron chi connectivity index (χ0n) is 11.6. The van der Waals surface area contributed by atoms with Gasteiger partial charge in [0.1, 0.15) is 0 Å². The van der Waals surface area contributed by atoms with Gasteiger partial charge < -0.3 is 10.2 Å². The van der Waals surface area contributed by atoms with Crippen LogP contribution in [0.1, 0.15) is 39.0 Å². The molecule has 1 N–H and O–H groups in total. The first-order valence-electron chi connectivity index (χ1n) is 7.38. The van der Waals surface area contributed by atoms with Crippen molar-refractivity contribution >= 4 is 30.1 Å². The van der Waals surface area contributed by atoms with Gasteiger partial charge in [0.25, 0.3) is 0 Å². The van der Waals surface area contributed by atoms with Gasteiger partial charge >= 0.3 is 0 Å². The van der Waals surface area contributed by atoms with Crippen LogP contribution in [0.3, 0.4) is 0 Å². The molecule has 2 saturated carbocycles. The third-order valence-electron chi connectivity index (χ3n) is 4.39. The number of amides is 1. The molecule has 0 aromatic heterocycles. The SMILES string of the molecule is CC(C1CC1)N(C(=O)CC1CSCCN1)C1CC1.Cl. The summed E-state index contributed by atoms with van der Waals surface area (Å²) >= 11 is 1.97. The van der Waals surface area contributed by atoms with Crippen molar-refractivity contribution < 1.29 is 4.79 Å². The van der Waals surface area contributed by atoms with E-state index < -0.39 is 0 Å². The Bertz CT molecular complexity index is 315. The molecule has 0 aromatic carbocycles. The topological polar surface area (TPSA) is 32.3 Å². The maximum atomic E-state index is 12.5. The highest BCUT2D eigenvalue weighted by Crippen LogP contribution is 2.40. The lowest BCUT2D eigenvalue weighted by Gasteiger charge is -2.32. The van der Waals surface area contributed by atoms with Crippen LogP contribution < -0.4 is 5.32 Å². The van der Waals surface area contributed by atoms with E-state index in [-0.39, 0.29) is 12.4 Å². The van der Waals surface area contributed by atoms with Crippen molar-refractivity contribution in [1.29, 1.82) is 0 Å². The van der Waals surface area contributed by atoms with Crippen molar-refractivity contribution in [1.82, 2.24) is 10.2 Å². The fraction of sp³-hybridized carbons (Fsp3) is 0.929. The summed E-state index contributed by atoms with van der Waals surface area (Å²) in [7, 11) is 0. The number of carbonyl (C=O) groups excluding carboxylic acids is 1. The van der Waals surface area contributed by atoms with Gasteiger partial charge in [-0.2, -0.15) is 11.8 Å². The molecule has 1 saturated heterocycles. The molecule has 0 bridgehead atoms. The maximum Gasteiger partial charge on any atom is 0.224 e. The summed E-state index contributed by atoms with van der Waals surface area (Å²) in [6.07, 6.45) is 5.83. The van der Waals surface area contributed by atoms with Gasteiger partial charge in [-0.15, -0.1) is 12.4 Å². The largest absolute Gasteiger partial charge is 0.337 e. The third kappa shape index (κ3) is 4.02. The van der Waals surface area contributed by atoms with Gasteiger partial charge in [0.15, 0.2) is 0 Å². The standard InChI is InChI=1S/C14H24N2OS.ClH/c1-10(11-2-3-11)16(13-4-5-13)14(17)8-12-9-18-7-6-15-12;/h10-13,15H,2-9H2,1H3;1H. The fourth-order valence-electron chi connectivity index (χ4n) is 2.99. The molecule has 110 valence electrons. The van der Waals surface area contributed by atoms with Crippen molar-refractivity contribution in [2.24, 2.45) is 5.92 Å². The third-order valence-corrected chi connectivity index (χ3v) is 5.52. The van der Waals surface area contributed by atoms with E-state index in [0.29, 0.717) is 30.5 Å². The van der Waals surface area contributed by atoms with E-state index >= 15 is 0 Å². The van der Waals surface area contributed by atoms with Gasteiger partial charge in [-0.05, 0) is 38.5 Å². The molecule has 3 nitrogen and oxygen atoms in total. The Kier molecular flexibility index (Phi) is 5.44. The van der Waals surface area contributed by atoms with E-state index in [1.807, 2.05) is 11.8 Å². The second-order valence-corrected chi connectivity index (χ2v) is 7.19. The zero-order chi connectivity index (χ0) is 12.5. The Hall–Kier alpha value is 0.0700. The molecule has 19 heavy (non-hydrogen) atoms. The molecule has 1 amide bonds. The summed E-state index contributed by atoms with van der Waals surface area (Å²) in [5.41, 5.74) is 0. The number of hydrogen-bond donors (Lipinski definition) is 1. The molecule has 3 aliphatic rings. The van der Waals surface area contributed by atoms with Crippen LogP contribution in [0.4, 0.5) is 0 Å². The van der Waals surface area contributed by atoms with Gasteiger partial charge in [-0.3, -0.25) is 4.79 Å². The average molecular weight is 305 g/mol. The number of carbonyl (C=O) groups is 1. The lowest BCUT2D eigenvalue weighted by molar-refractivity contribution is -0.134. The molecule has 0 aromatic rings. The van der Waals surface area contributed by atoms with Gasteiger partial charge in [-0.1, -0.05) is 0 Å². The van der Waals surface area contributed by atoms with E-state index in [1.165, 1.54) is 31.4 Å². The summed E-state index contributed by atoms with van der Waals surface area (Å²) in [5, 5.41) is 3.48. The molecular formula is C14H25ClN2OS. The lowest BCUT2D eigenvalue weighted by Crippen LogP contribution is -2.46. The maximum absolute atomic E-state index is 12.5. The first-order chi connectivity index (χ1) is 8.75. The van der Waals surface area contributed by atoms with Crippen molar-refractivity contribution in [3.05, 3.63) is 0 Å². The molecular weight excluding hydrogens is 280 g/mol. The molecule has 5 heteroatoms. The molecule has 0 spiro atoms. The van der Waals surface area contributed by atoms with E-state index in [0.717, 1.165) is 18.2 Å². The molecule has 2 atom stereocenters. The number of halogens is 1. The molecule has 3 rings (SSSR count). The normalized spacial score (nSPS) is 28.4. The number of rotatable bonds is 5. The van der Waals surface area contributed by atoms with Gasteiger partial charge in [0.2, 0.25) is 5.91 Å². The van der Waals surface area contributed by atoms with Crippen LogP contribution in [0.5, 0.6) is 0 Å². The van der Waals surface area contributed by atoms with Crippen molar-refractivity contribution in [3.63, 3.8) is 0 Å². The number of hydrogen-bond acceptors (Lipinski definition) is 3. The van der Waals surface area contributed by atoms with Gasteiger partial charge in [0.05, 0.1) is 0 Å². The first kappa shape index (κ1) is 15.5. The van der Waals surface area contributed by atoms with Crippen molar-refractivity contribution in [2.75, 3.05) is 18.1 Å². The van der Waals surface area contributed by atoms with E-state index in [4.69, 9.17) is 0 Å². The van der Waals surface area contributed by atoms with Crippen LogP contribution in [0.25, 0.3) is 0 Å². The minimum Gasteiger partial charge on any atom is -0.337 e. The smallest absolute Gasteiger partial charge is 0.224 e. The summed E-state index contributed by atoms with van der Waals surface area (Å²) in [5.74, 6) is 3.48. The lowest BCUT2D eigenvalue weighted by atomic mass is 10.1. The molecule has 0 radical (unpaired) electrons. The predicted octanol–water partition coefficient (Wildman–Crippen LogP) is 2.29. The van der Waals surface area contributed by atoms with Crippen molar-refractivity contribution in [2.45, 2.75) is 57.2 Å². The van der Waals surface area contributed by atoms with Crippen LogP contribution in [0.15, 0.2) is 0 Å². The van der Waals surface area contributed by atoms with Crippen LogP contribution in [0, 0.1) is 5.92 Å². The molecule has 2 aliphatic carbocycles. The molecule has 1 heterocycles. The molecule has 2 unspecified atom stereocenters. The van der Waals surface area contributed by atoms with Crippen LogP contribution in [-0.4, -0.2) is 47.0 Å². The predicted molar refractivity (Wildman–Crippen MR) is 83.0 cm³/mol. The highest BCUT2D eigenvalue weighted by atomic mass is 35.5. The van der Waals surface area contributed by atoms with Crippen LogP contribution >= 0.6 is 24.2 Å². The second kappa shape index (κ2) is 6.68. The Balaban J connectivity index is 0.00000133. The van der Waals surface area contributed by atoms with E-state index in [2.05, 4.69) is 17.1 Å². The average Bonchev–Trinajstić information content (AvgIpc) is 3.24. The summed E-state index contributed by atoms with van der Waals surface area (Å²) in [6, 6.07) is 1.47. The Morgan fingerprint density at radius 3 is 2.63 bits per heavy atom. The molecule has 3 fully saturated rings. The quantitative estimate of drug-likeness (QED) is 0.846. The first-order valence-corrected chi connectivity index (χ1v) is 8.53. The van der Waals surface area contributed by atoms with Crippen molar-refractivity contribution in [3.8, 4) is 0 Å². The minimum absolute atomic E-state index is 0. The summed E-state index contributed by atoms with van der Waals surface area (Å²) < 4.78 is 0. The number of nitrogens with zero attached hydrogens (tertiary/aromatic N) is 1. The second-order valence-electron chi connectivity index (χ2n) is 6.04. The number of thioether (sulfide) groups is 1. The highest BCUT2D eigenvalue weighted by Gasteiger charge is 2.41. The fourth-order valence-corrected chi connectivity index (χ4v) is 3.94. The summed E-state index contributed by atoms with van der Waals surface area (Å²) in [4.78, 5) is 14.8. The minimum atomic E-state index is 0. The van der Waals surface area contributed by atoms with Crippen LogP contribution in [-0.2, 0) is 4.79 Å². The van der Waals surface area contributed by atoms with Gasteiger partial charge in [-0.25, -0.2) is 0 Å². The van der Waals surface area contributed by atoms with E-state index in [9.17, 15) is 4.79 Å². The van der Waals surface area contributed by atoms with Crippen LogP contribution in [0.2, 0.25) is 0 Å². The zero-order valence-corrected chi connectivity index (χ0v) is 13.3.